The molecule has 3 rings (SSSR count). The number of hydrogen-bond donors (Lipinski definition) is 0. The first kappa shape index (κ1) is 21.1. The Morgan fingerprint density at radius 1 is 1.17 bits per heavy atom. The second kappa shape index (κ2) is 9.23. The number of nitrogens with zero attached hydrogens (tertiary/aromatic N) is 2. The second-order valence-electron chi connectivity index (χ2n) is 7.04. The molecule has 0 saturated carbocycles. The Labute approximate surface area is 176 Å². The molecule has 0 fully saturated rings. The molecule has 0 aliphatic carbocycles. The first-order valence-electron chi connectivity index (χ1n) is 9.87. The van der Waals surface area contributed by atoms with Gasteiger partial charge in [-0.05, 0) is 18.9 Å². The van der Waals surface area contributed by atoms with Gasteiger partial charge >= 0.3 is 5.97 Å². The van der Waals surface area contributed by atoms with E-state index < -0.39 is 12.0 Å². The van der Waals surface area contributed by atoms with E-state index in [0.717, 1.165) is 17.5 Å². The number of benzene rings is 2. The van der Waals surface area contributed by atoms with Gasteiger partial charge < -0.3 is 4.74 Å². The zero-order valence-electron chi connectivity index (χ0n) is 16.9. The van der Waals surface area contributed by atoms with Crippen LogP contribution in [0.5, 0.6) is 0 Å². The third-order valence-electron chi connectivity index (χ3n) is 5.12. The maximum Gasteiger partial charge on any atom is 0.326 e. The molecule has 1 amide bonds. The number of anilines is 1. The number of amides is 1. The third kappa shape index (κ3) is 4.35. The Morgan fingerprint density at radius 3 is 2.55 bits per heavy atom. The minimum absolute atomic E-state index is 0.000930. The van der Waals surface area contributed by atoms with Crippen LogP contribution in [-0.4, -0.2) is 36.8 Å². The number of fused-ring (bicyclic) bond motifs is 1. The van der Waals surface area contributed by atoms with Crippen molar-refractivity contribution < 1.29 is 14.3 Å². The monoisotopic (exact) mass is 412 g/mol. The van der Waals surface area contributed by atoms with Crippen molar-refractivity contribution in [3.63, 3.8) is 0 Å². The van der Waals surface area contributed by atoms with E-state index in [0.29, 0.717) is 16.4 Å². The van der Waals surface area contributed by atoms with E-state index in [1.165, 1.54) is 4.90 Å². The maximum atomic E-state index is 13.5. The van der Waals surface area contributed by atoms with Gasteiger partial charge in [-0.3, -0.25) is 19.5 Å². The van der Waals surface area contributed by atoms with Crippen molar-refractivity contribution >= 4 is 34.9 Å². The zero-order chi connectivity index (χ0) is 21.0. The summed E-state index contributed by atoms with van der Waals surface area (Å²) in [6, 6.07) is 14.5. The predicted octanol–water partition coefficient (Wildman–Crippen LogP) is 4.50. The van der Waals surface area contributed by atoms with E-state index in [2.05, 4.69) is 0 Å². The Morgan fingerprint density at radius 2 is 1.90 bits per heavy atom. The van der Waals surface area contributed by atoms with Gasteiger partial charge in [0.1, 0.15) is 12.6 Å². The number of carbonyl (C=O) groups excluding carboxylic acids is 2. The molecule has 2 aromatic rings. The van der Waals surface area contributed by atoms with Gasteiger partial charge in [-0.15, -0.1) is 0 Å². The molecule has 6 heteroatoms. The van der Waals surface area contributed by atoms with Crippen molar-refractivity contribution in [3.8, 4) is 0 Å². The van der Waals surface area contributed by atoms with Crippen LogP contribution in [0.25, 0.3) is 0 Å². The van der Waals surface area contributed by atoms with Gasteiger partial charge in [-0.25, -0.2) is 0 Å². The summed E-state index contributed by atoms with van der Waals surface area (Å²) in [6.45, 7) is 5.80. The summed E-state index contributed by atoms with van der Waals surface area (Å²) in [7, 11) is 0. The molecule has 0 N–H and O–H groups in total. The van der Waals surface area contributed by atoms with E-state index in [9.17, 15) is 9.59 Å². The maximum absolute atomic E-state index is 13.5. The van der Waals surface area contributed by atoms with Gasteiger partial charge in [0.2, 0.25) is 0 Å². The number of aliphatic imine (C=N–C) groups is 1. The van der Waals surface area contributed by atoms with Gasteiger partial charge in [0.15, 0.2) is 0 Å². The number of halogens is 1. The highest BCUT2D eigenvalue weighted by Gasteiger charge is 2.36. The lowest BCUT2D eigenvalue weighted by molar-refractivity contribution is -0.142. The van der Waals surface area contributed by atoms with Crippen LogP contribution in [0.2, 0.25) is 5.02 Å². The smallest absolute Gasteiger partial charge is 0.326 e. The van der Waals surface area contributed by atoms with E-state index in [4.69, 9.17) is 21.3 Å². The standard InChI is InChI=1S/C23H25ClN2O3/c1-4-15(3)20-23(28)26(14-19(27)29-5-2)22-17(12-9-13-18(22)24)21(25-20)16-10-7-6-8-11-16/h6-13,15,20H,4-5,14H2,1-3H3/t15?,20-/m0/s1. The number of esters is 1. The van der Waals surface area contributed by atoms with E-state index >= 15 is 0 Å². The number of carbonyl (C=O) groups is 2. The number of hydrogen-bond acceptors (Lipinski definition) is 4. The number of para-hydroxylation sites is 1. The molecule has 1 heterocycles. The van der Waals surface area contributed by atoms with Gasteiger partial charge in [0, 0.05) is 11.1 Å². The van der Waals surface area contributed by atoms with Crippen molar-refractivity contribution in [3.05, 3.63) is 64.7 Å². The zero-order valence-corrected chi connectivity index (χ0v) is 17.6. The number of rotatable bonds is 6. The normalized spacial score (nSPS) is 17.2. The minimum Gasteiger partial charge on any atom is -0.465 e. The summed E-state index contributed by atoms with van der Waals surface area (Å²) in [5.74, 6) is -0.718. The van der Waals surface area contributed by atoms with Crippen LogP contribution in [0.3, 0.4) is 0 Å². The van der Waals surface area contributed by atoms with Crippen LogP contribution in [0.1, 0.15) is 38.3 Å². The molecule has 2 atom stereocenters. The van der Waals surface area contributed by atoms with E-state index in [-0.39, 0.29) is 25.0 Å². The molecule has 2 aromatic carbocycles. The highest BCUT2D eigenvalue weighted by Crippen LogP contribution is 2.36. The lowest BCUT2D eigenvalue weighted by Gasteiger charge is -2.27. The second-order valence-corrected chi connectivity index (χ2v) is 7.45. The van der Waals surface area contributed by atoms with Crippen LogP contribution in [0.4, 0.5) is 5.69 Å². The molecule has 0 bridgehead atoms. The molecule has 1 aliphatic rings. The minimum atomic E-state index is -0.618. The third-order valence-corrected chi connectivity index (χ3v) is 5.43. The Bertz CT molecular complexity index is 927. The fourth-order valence-electron chi connectivity index (χ4n) is 3.43. The molecular formula is C23H25ClN2O3. The highest BCUT2D eigenvalue weighted by molar-refractivity contribution is 6.36. The summed E-state index contributed by atoms with van der Waals surface area (Å²) in [6.07, 6.45) is 0.777. The van der Waals surface area contributed by atoms with Crippen LogP contribution in [-0.2, 0) is 14.3 Å². The first-order chi connectivity index (χ1) is 14.0. The van der Waals surface area contributed by atoms with Crippen molar-refractivity contribution in [1.82, 2.24) is 0 Å². The molecular weight excluding hydrogens is 388 g/mol. The van der Waals surface area contributed by atoms with Gasteiger partial charge in [-0.2, -0.15) is 0 Å². The topological polar surface area (TPSA) is 59.0 Å². The van der Waals surface area contributed by atoms with Crippen molar-refractivity contribution in [1.29, 1.82) is 0 Å². The van der Waals surface area contributed by atoms with Gasteiger partial charge in [0.25, 0.3) is 5.91 Å². The predicted molar refractivity (Wildman–Crippen MR) is 116 cm³/mol. The summed E-state index contributed by atoms with van der Waals surface area (Å²) in [5.41, 5.74) is 2.83. The Kier molecular flexibility index (Phi) is 6.70. The van der Waals surface area contributed by atoms with E-state index in [1.807, 2.05) is 56.3 Å². The quantitative estimate of drug-likeness (QED) is 0.656. The molecule has 1 unspecified atom stereocenters. The molecule has 152 valence electrons. The Hall–Kier alpha value is -2.66. The summed E-state index contributed by atoms with van der Waals surface area (Å²) in [4.78, 5) is 32.2. The Balaban J connectivity index is 2.22. The van der Waals surface area contributed by atoms with E-state index in [1.54, 1.807) is 13.0 Å². The fourth-order valence-corrected chi connectivity index (χ4v) is 3.70. The van der Waals surface area contributed by atoms with Gasteiger partial charge in [0.05, 0.1) is 23.0 Å². The molecule has 29 heavy (non-hydrogen) atoms. The molecule has 0 spiro atoms. The molecule has 0 saturated heterocycles. The van der Waals surface area contributed by atoms with Crippen LogP contribution < -0.4 is 4.90 Å². The number of benzodiazepines with no additional fused rings is 1. The fraction of sp³-hybridized carbons (Fsp3) is 0.348. The lowest BCUT2D eigenvalue weighted by Crippen LogP contribution is -2.44. The molecule has 5 nitrogen and oxygen atoms in total. The van der Waals surface area contributed by atoms with Crippen molar-refractivity contribution in [2.45, 2.75) is 33.2 Å². The number of ether oxygens (including phenoxy) is 1. The van der Waals surface area contributed by atoms with Crippen molar-refractivity contribution in [2.75, 3.05) is 18.1 Å². The largest absolute Gasteiger partial charge is 0.465 e. The van der Waals surface area contributed by atoms with Crippen molar-refractivity contribution in [2.24, 2.45) is 10.9 Å². The van der Waals surface area contributed by atoms with Crippen LogP contribution in [0.15, 0.2) is 53.5 Å². The molecule has 0 radical (unpaired) electrons. The molecule has 0 aromatic heterocycles. The highest BCUT2D eigenvalue weighted by atomic mass is 35.5. The lowest BCUT2D eigenvalue weighted by atomic mass is 9.98. The SMILES string of the molecule is CCOC(=O)CN1C(=O)[C@H](C(C)CC)N=C(c2ccccc2)c2cccc(Cl)c21. The summed E-state index contributed by atoms with van der Waals surface area (Å²) < 4.78 is 5.11. The summed E-state index contributed by atoms with van der Waals surface area (Å²) in [5, 5.41) is 0.397. The van der Waals surface area contributed by atoms with Crippen LogP contribution >= 0.6 is 11.6 Å². The molecule has 1 aliphatic heterocycles. The first-order valence-corrected chi connectivity index (χ1v) is 10.2. The van der Waals surface area contributed by atoms with Gasteiger partial charge in [-0.1, -0.05) is 74.3 Å². The average Bonchev–Trinajstić information content (AvgIpc) is 2.84. The summed E-state index contributed by atoms with van der Waals surface area (Å²) >= 11 is 6.55. The van der Waals surface area contributed by atoms with Crippen LogP contribution in [0, 0.1) is 5.92 Å². The average molecular weight is 413 g/mol.